The predicted molar refractivity (Wildman–Crippen MR) is 74.5 cm³/mol. The number of benzene rings is 1. The molecule has 1 aliphatic rings. The fourth-order valence-corrected chi connectivity index (χ4v) is 2.80. The van der Waals surface area contributed by atoms with Gasteiger partial charge < -0.3 is 9.94 Å². The molecule has 0 saturated heterocycles. The first-order valence-corrected chi connectivity index (χ1v) is 8.14. The van der Waals surface area contributed by atoms with Crippen molar-refractivity contribution < 1.29 is 49.3 Å². The van der Waals surface area contributed by atoms with Gasteiger partial charge in [0.2, 0.25) is 0 Å². The zero-order valence-corrected chi connectivity index (χ0v) is 13.6. The minimum atomic E-state index is -6.12. The number of alkyl halides is 3. The van der Waals surface area contributed by atoms with E-state index in [1.54, 1.807) is 0 Å². The summed E-state index contributed by atoms with van der Waals surface area (Å²) in [5.41, 5.74) is -8.96. The molecule has 13 heteroatoms. The number of carboxylic acids is 1. The molecule has 1 heterocycles. The molecule has 0 aromatic heterocycles. The molecule has 1 aliphatic heterocycles. The molecule has 7 nitrogen and oxygen atoms in total. The molecule has 0 saturated carbocycles. The lowest BCUT2D eigenvalue weighted by Gasteiger charge is -2.27. The third kappa shape index (κ3) is 3.62. The van der Waals surface area contributed by atoms with Crippen LogP contribution in [0.2, 0.25) is 0 Å². The van der Waals surface area contributed by atoms with Gasteiger partial charge in [-0.25, -0.2) is 13.6 Å². The van der Waals surface area contributed by atoms with Crippen molar-refractivity contribution in [1.82, 2.24) is 0 Å². The lowest BCUT2D eigenvalue weighted by Crippen LogP contribution is -2.51. The second kappa shape index (κ2) is 6.46. The van der Waals surface area contributed by atoms with E-state index in [9.17, 15) is 40.3 Å². The molecule has 0 bridgehead atoms. The Kier molecular flexibility index (Phi) is 4.98. The van der Waals surface area contributed by atoms with Gasteiger partial charge in [-0.2, -0.15) is 21.6 Å². The van der Waals surface area contributed by atoms with Gasteiger partial charge in [0.1, 0.15) is 17.7 Å². The number of rotatable bonds is 5. The van der Waals surface area contributed by atoms with E-state index < -0.39 is 51.4 Å². The van der Waals surface area contributed by atoms with Crippen LogP contribution < -0.4 is 0 Å². The third-order valence-electron chi connectivity index (χ3n) is 3.52. The monoisotopic (exact) mass is 403 g/mol. The molecule has 1 N–H and O–H groups in total. The summed E-state index contributed by atoms with van der Waals surface area (Å²) in [6, 6.07) is 2.12. The highest BCUT2D eigenvalue weighted by Gasteiger charge is 2.57. The van der Waals surface area contributed by atoms with E-state index in [0.29, 0.717) is 6.07 Å². The van der Waals surface area contributed by atoms with Gasteiger partial charge in [0, 0.05) is 11.6 Å². The summed E-state index contributed by atoms with van der Waals surface area (Å²) >= 11 is 0. The number of carboxylic acid groups (broad SMARTS) is 1. The van der Waals surface area contributed by atoms with Gasteiger partial charge >= 0.3 is 21.6 Å². The van der Waals surface area contributed by atoms with E-state index in [0.717, 1.165) is 19.1 Å². The Balaban J connectivity index is 2.32. The number of hydrogen-bond acceptors (Lipinski definition) is 6. The summed E-state index contributed by atoms with van der Waals surface area (Å²) in [5.74, 6) is -3.91. The number of aliphatic carboxylic acids is 1. The molecule has 0 radical (unpaired) electrons. The molecule has 1 aromatic rings. The van der Waals surface area contributed by atoms with Crippen molar-refractivity contribution in [2.75, 3.05) is 0 Å². The maximum Gasteiger partial charge on any atom is 0.523 e. The Hall–Kier alpha value is -2.28. The highest BCUT2D eigenvalue weighted by Crippen LogP contribution is 2.35. The van der Waals surface area contributed by atoms with Crippen LogP contribution in [-0.4, -0.2) is 42.4 Å². The fourth-order valence-electron chi connectivity index (χ4n) is 2.15. The van der Waals surface area contributed by atoms with Crippen molar-refractivity contribution in [3.05, 3.63) is 35.4 Å². The molecule has 0 amide bonds. The van der Waals surface area contributed by atoms with Crippen molar-refractivity contribution in [2.24, 2.45) is 5.16 Å². The highest BCUT2D eigenvalue weighted by molar-refractivity contribution is 7.87. The zero-order chi connectivity index (χ0) is 19.9. The van der Waals surface area contributed by atoms with Crippen molar-refractivity contribution in [3.63, 3.8) is 0 Å². The summed E-state index contributed by atoms with van der Waals surface area (Å²) in [7, 11) is -6.12. The van der Waals surface area contributed by atoms with E-state index in [1.807, 2.05) is 0 Å². The first kappa shape index (κ1) is 20.0. The number of carbonyl (C=O) groups is 1. The summed E-state index contributed by atoms with van der Waals surface area (Å²) in [4.78, 5) is 16.2. The lowest BCUT2D eigenvalue weighted by molar-refractivity contribution is -0.174. The Labute approximate surface area is 143 Å². The van der Waals surface area contributed by atoms with E-state index >= 15 is 0 Å². The summed E-state index contributed by atoms with van der Waals surface area (Å²) < 4.78 is 89.9. The van der Waals surface area contributed by atoms with Crippen molar-refractivity contribution in [3.8, 4) is 0 Å². The Morgan fingerprint density at radius 2 is 1.85 bits per heavy atom. The van der Waals surface area contributed by atoms with Crippen LogP contribution in [0.4, 0.5) is 22.0 Å². The van der Waals surface area contributed by atoms with E-state index in [1.165, 1.54) is 0 Å². The fraction of sp³-hybridized carbons (Fsp3) is 0.385. The average molecular weight is 403 g/mol. The molecule has 1 aromatic carbocycles. The predicted octanol–water partition coefficient (Wildman–Crippen LogP) is 2.17. The van der Waals surface area contributed by atoms with Gasteiger partial charge in [-0.15, -0.1) is 0 Å². The van der Waals surface area contributed by atoms with Crippen LogP contribution in [0.15, 0.2) is 23.4 Å². The maximum atomic E-state index is 13.3. The number of oxime groups is 1. The van der Waals surface area contributed by atoms with Crippen LogP contribution >= 0.6 is 0 Å². The van der Waals surface area contributed by atoms with E-state index in [-0.39, 0.29) is 11.3 Å². The highest BCUT2D eigenvalue weighted by atomic mass is 32.2. The quantitative estimate of drug-likeness (QED) is 0.459. The van der Waals surface area contributed by atoms with Gasteiger partial charge in [0.05, 0.1) is 12.1 Å². The molecule has 2 rings (SSSR count). The number of halogens is 5. The van der Waals surface area contributed by atoms with Gasteiger partial charge in [0.25, 0.3) is 5.60 Å². The van der Waals surface area contributed by atoms with Crippen LogP contribution in [-0.2, 0) is 23.9 Å². The van der Waals surface area contributed by atoms with Gasteiger partial charge in [-0.3, -0.25) is 4.18 Å². The first-order chi connectivity index (χ1) is 11.8. The van der Waals surface area contributed by atoms with Crippen molar-refractivity contribution in [1.29, 1.82) is 0 Å². The molecular weight excluding hydrogens is 393 g/mol. The Morgan fingerprint density at radius 1 is 1.31 bits per heavy atom. The topological polar surface area (TPSA) is 102 Å². The molecule has 26 heavy (non-hydrogen) atoms. The van der Waals surface area contributed by atoms with E-state index in [4.69, 9.17) is 0 Å². The molecule has 2 unspecified atom stereocenters. The van der Waals surface area contributed by atoms with Crippen LogP contribution in [0.3, 0.4) is 0 Å². The smallest absolute Gasteiger partial charge is 0.478 e. The Morgan fingerprint density at radius 3 is 2.31 bits per heavy atom. The van der Waals surface area contributed by atoms with Gasteiger partial charge in [-0.1, -0.05) is 5.16 Å². The normalized spacial score (nSPS) is 21.8. The second-order valence-electron chi connectivity index (χ2n) is 5.30. The Bertz CT molecular complexity index is 848. The van der Waals surface area contributed by atoms with Crippen molar-refractivity contribution >= 4 is 21.8 Å². The molecular formula is C13H10F5NO6S. The first-order valence-electron chi connectivity index (χ1n) is 6.73. The minimum Gasteiger partial charge on any atom is -0.478 e. The van der Waals surface area contributed by atoms with Crippen LogP contribution in [0, 0.1) is 11.6 Å². The van der Waals surface area contributed by atoms with Crippen molar-refractivity contribution in [2.45, 2.75) is 30.6 Å². The standard InChI is InChI=1S/C13H10F5NO6S/c1-6(24-26(22,23)13(16,17)18)12(11(20)21)5-10(19-25-12)7-2-8(14)4-9(15)3-7/h2-4,6H,5H2,1H3,(H,20,21). The summed E-state index contributed by atoms with van der Waals surface area (Å²) in [6.45, 7) is 0.724. The molecule has 0 fully saturated rings. The summed E-state index contributed by atoms with van der Waals surface area (Å²) in [6.07, 6.45) is -2.95. The average Bonchev–Trinajstić information content (AvgIpc) is 2.91. The maximum absolute atomic E-state index is 13.3. The largest absolute Gasteiger partial charge is 0.523 e. The molecule has 0 spiro atoms. The minimum absolute atomic E-state index is 0.225. The zero-order valence-electron chi connectivity index (χ0n) is 12.8. The van der Waals surface area contributed by atoms with Gasteiger partial charge in [0.15, 0.2) is 0 Å². The summed E-state index contributed by atoms with van der Waals surface area (Å²) in [5, 5.41) is 12.6. The number of nitrogens with zero attached hydrogens (tertiary/aromatic N) is 1. The molecule has 2 atom stereocenters. The SMILES string of the molecule is CC(OS(=O)(=O)C(F)(F)F)C1(C(=O)O)CC(c2cc(F)cc(F)c2)=NO1. The van der Waals surface area contributed by atoms with Crippen LogP contribution in [0.1, 0.15) is 18.9 Å². The van der Waals surface area contributed by atoms with E-state index in [2.05, 4.69) is 14.2 Å². The lowest BCUT2D eigenvalue weighted by atomic mass is 9.90. The van der Waals surface area contributed by atoms with Gasteiger partial charge in [-0.05, 0) is 19.1 Å². The molecule has 0 aliphatic carbocycles. The van der Waals surface area contributed by atoms with Crippen LogP contribution in [0.5, 0.6) is 0 Å². The number of hydrogen-bond donors (Lipinski definition) is 1. The third-order valence-corrected chi connectivity index (χ3v) is 4.63. The second-order valence-corrected chi connectivity index (χ2v) is 6.86. The molecule has 144 valence electrons. The van der Waals surface area contributed by atoms with Crippen LogP contribution in [0.25, 0.3) is 0 Å².